The van der Waals surface area contributed by atoms with Crippen molar-refractivity contribution < 1.29 is 14.1 Å². The Balaban J connectivity index is 1.38. The van der Waals surface area contributed by atoms with Crippen LogP contribution in [0, 0.1) is 6.92 Å². The molecule has 0 unspecified atom stereocenters. The molecule has 0 fully saturated rings. The molecule has 1 N–H and O–H groups in total. The van der Waals surface area contributed by atoms with E-state index in [1.807, 2.05) is 50.2 Å². The second-order valence-electron chi connectivity index (χ2n) is 6.95. The van der Waals surface area contributed by atoms with E-state index in [-0.39, 0.29) is 17.6 Å². The lowest BCUT2D eigenvalue weighted by molar-refractivity contribution is -0.113. The number of nitrogens with one attached hydrogen (secondary N) is 1. The van der Waals surface area contributed by atoms with Crippen LogP contribution in [0.3, 0.4) is 0 Å². The zero-order valence-electron chi connectivity index (χ0n) is 17.9. The van der Waals surface area contributed by atoms with Crippen molar-refractivity contribution in [3.8, 4) is 28.9 Å². The molecular formula is C22H22N6O3S. The monoisotopic (exact) mass is 450 g/mol. The minimum atomic E-state index is -0.150. The van der Waals surface area contributed by atoms with Gasteiger partial charge in [0.05, 0.1) is 12.4 Å². The average Bonchev–Trinajstić information content (AvgIpc) is 3.41. The summed E-state index contributed by atoms with van der Waals surface area (Å²) in [6, 6.07) is 15.1. The minimum absolute atomic E-state index is 0.150. The highest BCUT2D eigenvalue weighted by Gasteiger charge is 2.19. The van der Waals surface area contributed by atoms with Crippen molar-refractivity contribution in [1.29, 1.82) is 0 Å². The number of amides is 1. The van der Waals surface area contributed by atoms with Crippen molar-refractivity contribution in [3.63, 3.8) is 0 Å². The van der Waals surface area contributed by atoms with Crippen LogP contribution in [-0.4, -0.2) is 43.2 Å². The van der Waals surface area contributed by atoms with Crippen molar-refractivity contribution >= 4 is 23.4 Å². The van der Waals surface area contributed by atoms with E-state index in [2.05, 4.69) is 25.7 Å². The van der Waals surface area contributed by atoms with Crippen LogP contribution in [0.2, 0.25) is 0 Å². The van der Waals surface area contributed by atoms with Gasteiger partial charge in [-0.1, -0.05) is 46.7 Å². The first-order chi connectivity index (χ1) is 15.5. The molecule has 10 heteroatoms. The summed E-state index contributed by atoms with van der Waals surface area (Å²) in [5, 5.41) is 15.7. The number of aryl methyl sites for hydroxylation is 1. The number of hydrogen-bond donors (Lipinski definition) is 1. The van der Waals surface area contributed by atoms with Crippen LogP contribution in [0.4, 0.5) is 5.69 Å². The van der Waals surface area contributed by atoms with E-state index >= 15 is 0 Å². The van der Waals surface area contributed by atoms with E-state index in [0.29, 0.717) is 29.1 Å². The second kappa shape index (κ2) is 9.65. The number of ether oxygens (including phenoxy) is 1. The third-order valence-corrected chi connectivity index (χ3v) is 5.56. The van der Waals surface area contributed by atoms with Crippen molar-refractivity contribution in [2.75, 3.05) is 17.7 Å². The van der Waals surface area contributed by atoms with Gasteiger partial charge in [0.15, 0.2) is 5.16 Å². The molecule has 0 aliphatic heterocycles. The van der Waals surface area contributed by atoms with Crippen molar-refractivity contribution in [2.24, 2.45) is 7.05 Å². The van der Waals surface area contributed by atoms with Gasteiger partial charge in [0, 0.05) is 18.3 Å². The number of hydrogen-bond acceptors (Lipinski definition) is 8. The van der Waals surface area contributed by atoms with Crippen LogP contribution in [0.25, 0.3) is 23.1 Å². The van der Waals surface area contributed by atoms with E-state index in [0.717, 1.165) is 16.9 Å². The Morgan fingerprint density at radius 3 is 2.59 bits per heavy atom. The second-order valence-corrected chi connectivity index (χ2v) is 7.89. The molecule has 32 heavy (non-hydrogen) atoms. The Bertz CT molecular complexity index is 1200. The molecule has 0 spiro atoms. The molecule has 2 aromatic carbocycles. The summed E-state index contributed by atoms with van der Waals surface area (Å²) in [6.07, 6.45) is 0. The number of aromatic nitrogens is 5. The largest absolute Gasteiger partial charge is 0.494 e. The Morgan fingerprint density at radius 2 is 1.88 bits per heavy atom. The van der Waals surface area contributed by atoms with Gasteiger partial charge in [0.25, 0.3) is 5.89 Å². The Kier molecular flexibility index (Phi) is 6.50. The molecular weight excluding hydrogens is 428 g/mol. The first-order valence-corrected chi connectivity index (χ1v) is 11.0. The molecule has 164 valence electrons. The maximum Gasteiger partial charge on any atom is 0.296 e. The number of nitrogens with zero attached hydrogens (tertiary/aromatic N) is 5. The van der Waals surface area contributed by atoms with Gasteiger partial charge >= 0.3 is 0 Å². The van der Waals surface area contributed by atoms with Gasteiger partial charge in [-0.25, -0.2) is 0 Å². The van der Waals surface area contributed by atoms with Crippen LogP contribution in [0.5, 0.6) is 5.75 Å². The molecule has 0 saturated carbocycles. The first-order valence-electron chi connectivity index (χ1n) is 9.99. The smallest absolute Gasteiger partial charge is 0.296 e. The zero-order chi connectivity index (χ0) is 22.5. The van der Waals surface area contributed by atoms with Gasteiger partial charge in [-0.2, -0.15) is 4.98 Å². The number of rotatable bonds is 8. The number of carbonyl (C=O) groups excluding carboxylic acids is 1. The molecule has 4 rings (SSSR count). The van der Waals surface area contributed by atoms with Crippen LogP contribution < -0.4 is 10.1 Å². The lowest BCUT2D eigenvalue weighted by atomic mass is 10.1. The van der Waals surface area contributed by atoms with E-state index in [1.54, 1.807) is 23.7 Å². The van der Waals surface area contributed by atoms with Crippen LogP contribution in [0.1, 0.15) is 12.5 Å². The van der Waals surface area contributed by atoms with Gasteiger partial charge in [0.2, 0.25) is 17.6 Å². The van der Waals surface area contributed by atoms with Crippen LogP contribution in [-0.2, 0) is 11.8 Å². The predicted octanol–water partition coefficient (Wildman–Crippen LogP) is 3.97. The quantitative estimate of drug-likeness (QED) is 0.402. The SMILES string of the molecule is CCOc1ccc(NC(=O)CSc2nnc(-c3nc(-c4ccc(C)cc4)no3)n2C)cc1. The van der Waals surface area contributed by atoms with Crippen LogP contribution >= 0.6 is 11.8 Å². The zero-order valence-corrected chi connectivity index (χ0v) is 18.7. The van der Waals surface area contributed by atoms with E-state index in [4.69, 9.17) is 9.26 Å². The first kappa shape index (κ1) is 21.6. The lowest BCUT2D eigenvalue weighted by Crippen LogP contribution is -2.14. The molecule has 9 nitrogen and oxygen atoms in total. The number of anilines is 1. The third-order valence-electron chi connectivity index (χ3n) is 4.54. The average molecular weight is 451 g/mol. The van der Waals surface area contributed by atoms with Gasteiger partial charge in [-0.05, 0) is 38.1 Å². The molecule has 0 aliphatic carbocycles. The molecule has 4 aromatic rings. The highest BCUT2D eigenvalue weighted by molar-refractivity contribution is 7.99. The normalized spacial score (nSPS) is 10.8. The van der Waals surface area contributed by atoms with Gasteiger partial charge in [-0.3, -0.25) is 4.79 Å². The van der Waals surface area contributed by atoms with E-state index in [9.17, 15) is 4.79 Å². The maximum absolute atomic E-state index is 12.3. The van der Waals surface area contributed by atoms with Gasteiger partial charge in [0.1, 0.15) is 5.75 Å². The fourth-order valence-electron chi connectivity index (χ4n) is 2.89. The summed E-state index contributed by atoms with van der Waals surface area (Å²) in [4.78, 5) is 16.7. The molecule has 0 radical (unpaired) electrons. The third kappa shape index (κ3) is 4.97. The Morgan fingerprint density at radius 1 is 1.12 bits per heavy atom. The number of benzene rings is 2. The highest BCUT2D eigenvalue weighted by Crippen LogP contribution is 2.24. The molecule has 0 saturated heterocycles. The van der Waals surface area contributed by atoms with Crippen molar-refractivity contribution in [2.45, 2.75) is 19.0 Å². The topological polar surface area (TPSA) is 108 Å². The van der Waals surface area contributed by atoms with Crippen molar-refractivity contribution in [1.82, 2.24) is 24.9 Å². The van der Waals surface area contributed by atoms with E-state index in [1.165, 1.54) is 11.8 Å². The summed E-state index contributed by atoms with van der Waals surface area (Å²) in [5.41, 5.74) is 2.71. The Hall–Kier alpha value is -3.66. The van der Waals surface area contributed by atoms with Crippen LogP contribution in [0.15, 0.2) is 58.2 Å². The number of carbonyl (C=O) groups is 1. The minimum Gasteiger partial charge on any atom is -0.494 e. The molecule has 2 aromatic heterocycles. The summed E-state index contributed by atoms with van der Waals surface area (Å²) in [6.45, 7) is 4.54. The number of thioether (sulfide) groups is 1. The summed E-state index contributed by atoms with van der Waals surface area (Å²) < 4.78 is 12.5. The highest BCUT2D eigenvalue weighted by atomic mass is 32.2. The lowest BCUT2D eigenvalue weighted by Gasteiger charge is -2.07. The summed E-state index contributed by atoms with van der Waals surface area (Å²) in [7, 11) is 1.79. The van der Waals surface area contributed by atoms with Gasteiger partial charge in [-0.15, -0.1) is 10.2 Å². The molecule has 0 atom stereocenters. The summed E-state index contributed by atoms with van der Waals surface area (Å²) >= 11 is 1.27. The molecule has 1 amide bonds. The van der Waals surface area contributed by atoms with Crippen molar-refractivity contribution in [3.05, 3.63) is 54.1 Å². The fourth-order valence-corrected chi connectivity index (χ4v) is 3.60. The molecule has 0 bridgehead atoms. The van der Waals surface area contributed by atoms with Gasteiger partial charge < -0.3 is 19.1 Å². The molecule has 0 aliphatic rings. The maximum atomic E-state index is 12.3. The Labute approximate surface area is 189 Å². The molecule has 2 heterocycles. The summed E-state index contributed by atoms with van der Waals surface area (Å²) in [5.74, 6) is 1.97. The van der Waals surface area contributed by atoms with E-state index < -0.39 is 0 Å². The standard InChI is InChI=1S/C22H22N6O3S/c1-4-30-17-11-9-16(10-12-17)23-18(29)13-32-22-26-25-20(28(22)3)21-24-19(27-31-21)15-7-5-14(2)6-8-15/h5-12H,4,13H2,1-3H3,(H,23,29). The fraction of sp³-hybridized carbons (Fsp3) is 0.227. The predicted molar refractivity (Wildman–Crippen MR) is 121 cm³/mol.